The molecule has 4 heterocycles. The van der Waals surface area contributed by atoms with Gasteiger partial charge < -0.3 is 24.2 Å². The van der Waals surface area contributed by atoms with Crippen LogP contribution in [0.15, 0.2) is 65.7 Å². The number of urea groups is 1. The van der Waals surface area contributed by atoms with Gasteiger partial charge in [-0.15, -0.1) is 0 Å². The van der Waals surface area contributed by atoms with Crippen molar-refractivity contribution in [3.8, 4) is 17.7 Å². The number of nitriles is 1. The predicted molar refractivity (Wildman–Crippen MR) is 187 cm³/mol. The number of hydrogen-bond donors (Lipinski definition) is 0. The van der Waals surface area contributed by atoms with Crippen LogP contribution in [0.25, 0.3) is 0 Å². The standard InChI is InChI=1S/C37H44N6O6S/c1-5-48-32-11-7-8-12-33(32)50(46,47)43-31-14-13-26(25-38)24-30(31)37(35(43)44,29-10-9-19-39-34(29)49-6-2)41(4)36(45)42-22-17-28(18-23-42)27-15-20-40(3)21-16-27/h7-14,19,24,27-28H,5-6,15-18,20-23H2,1-4H3. The molecule has 2 aromatic carbocycles. The van der Waals surface area contributed by atoms with E-state index in [0.29, 0.717) is 24.9 Å². The molecule has 13 heteroatoms. The van der Waals surface area contributed by atoms with Gasteiger partial charge in [0.25, 0.3) is 15.9 Å². The van der Waals surface area contributed by atoms with Crippen molar-refractivity contribution in [1.29, 1.82) is 5.26 Å². The minimum Gasteiger partial charge on any atom is -0.492 e. The van der Waals surface area contributed by atoms with Gasteiger partial charge in [0.05, 0.1) is 36.1 Å². The third-order valence-electron chi connectivity index (χ3n) is 10.4. The van der Waals surface area contributed by atoms with Crippen LogP contribution >= 0.6 is 0 Å². The number of hydrogen-bond acceptors (Lipinski definition) is 9. The van der Waals surface area contributed by atoms with E-state index in [1.807, 2.05) is 0 Å². The Hall–Kier alpha value is -4.67. The summed E-state index contributed by atoms with van der Waals surface area (Å²) in [5.74, 6) is 0.366. The smallest absolute Gasteiger partial charge is 0.321 e. The van der Waals surface area contributed by atoms with Crippen LogP contribution in [-0.2, 0) is 20.4 Å². The number of carbonyl (C=O) groups is 2. The van der Waals surface area contributed by atoms with E-state index in [4.69, 9.17) is 9.47 Å². The number of likely N-dealkylation sites (N-methyl/N-ethyl adjacent to an activating group) is 1. The third kappa shape index (κ3) is 5.94. The maximum absolute atomic E-state index is 15.4. The zero-order valence-corrected chi connectivity index (χ0v) is 29.9. The first-order valence-electron chi connectivity index (χ1n) is 17.2. The van der Waals surface area contributed by atoms with Crippen LogP contribution in [0, 0.1) is 23.2 Å². The van der Waals surface area contributed by atoms with E-state index in [2.05, 4.69) is 23.0 Å². The summed E-state index contributed by atoms with van der Waals surface area (Å²) in [6.45, 7) is 7.06. The number of para-hydroxylation sites is 1. The van der Waals surface area contributed by atoms with Gasteiger partial charge in [-0.05, 0) is 114 Å². The zero-order valence-electron chi connectivity index (χ0n) is 29.0. The number of pyridine rings is 1. The topological polar surface area (TPSA) is 136 Å². The summed E-state index contributed by atoms with van der Waals surface area (Å²) in [7, 11) is -0.966. The molecule has 6 rings (SSSR count). The Bertz CT molecular complexity index is 1900. The number of rotatable bonds is 9. The minimum atomic E-state index is -4.63. The summed E-state index contributed by atoms with van der Waals surface area (Å²) < 4.78 is 41.7. The third-order valence-corrected chi connectivity index (χ3v) is 12.1. The van der Waals surface area contributed by atoms with Crippen LogP contribution in [0.5, 0.6) is 11.6 Å². The molecule has 1 aromatic heterocycles. The van der Waals surface area contributed by atoms with Gasteiger partial charge in [0.15, 0.2) is 5.54 Å². The van der Waals surface area contributed by atoms with Crippen molar-refractivity contribution < 1.29 is 27.5 Å². The second-order valence-corrected chi connectivity index (χ2v) is 14.9. The molecule has 3 aliphatic rings. The van der Waals surface area contributed by atoms with E-state index in [9.17, 15) is 18.5 Å². The average Bonchev–Trinajstić information content (AvgIpc) is 3.40. The molecule has 264 valence electrons. The van der Waals surface area contributed by atoms with E-state index >= 15 is 4.79 Å². The van der Waals surface area contributed by atoms with Crippen molar-refractivity contribution in [1.82, 2.24) is 19.7 Å². The average molecular weight is 701 g/mol. The zero-order chi connectivity index (χ0) is 35.6. The highest BCUT2D eigenvalue weighted by Gasteiger charge is 2.62. The lowest BCUT2D eigenvalue weighted by Gasteiger charge is -2.44. The van der Waals surface area contributed by atoms with Crippen molar-refractivity contribution >= 4 is 27.6 Å². The van der Waals surface area contributed by atoms with Crippen LogP contribution in [0.4, 0.5) is 10.5 Å². The minimum absolute atomic E-state index is 0.0206. The predicted octanol–water partition coefficient (Wildman–Crippen LogP) is 4.84. The largest absolute Gasteiger partial charge is 0.492 e. The first kappa shape index (κ1) is 35.2. The van der Waals surface area contributed by atoms with Gasteiger partial charge in [0, 0.05) is 31.9 Å². The summed E-state index contributed by atoms with van der Waals surface area (Å²) in [6, 6.07) is 15.4. The molecule has 0 N–H and O–H groups in total. The van der Waals surface area contributed by atoms with Crippen molar-refractivity contribution in [2.24, 2.45) is 11.8 Å². The number of piperidine rings is 2. The Balaban J connectivity index is 1.48. The SMILES string of the molecule is CCOc1ccccc1S(=O)(=O)N1C(=O)C(c2cccnc2OCC)(N(C)C(=O)N2CCC(C3CCN(C)CC3)CC2)c2cc(C#N)ccc21. The maximum atomic E-state index is 15.4. The molecular weight excluding hydrogens is 657 g/mol. The van der Waals surface area contributed by atoms with Gasteiger partial charge in [-0.2, -0.15) is 9.57 Å². The second-order valence-electron chi connectivity index (χ2n) is 13.1. The van der Waals surface area contributed by atoms with Crippen LogP contribution < -0.4 is 13.8 Å². The molecule has 1 unspecified atom stereocenters. The van der Waals surface area contributed by atoms with Gasteiger partial charge >= 0.3 is 6.03 Å². The van der Waals surface area contributed by atoms with E-state index < -0.39 is 27.5 Å². The number of sulfonamides is 1. The van der Waals surface area contributed by atoms with Crippen molar-refractivity contribution in [2.75, 3.05) is 57.8 Å². The monoisotopic (exact) mass is 700 g/mol. The normalized spacial score (nSPS) is 20.3. The Morgan fingerprint density at radius 1 is 0.960 bits per heavy atom. The number of carbonyl (C=O) groups excluding carboxylic acids is 2. The molecule has 2 fully saturated rings. The highest BCUT2D eigenvalue weighted by Crippen LogP contribution is 2.53. The van der Waals surface area contributed by atoms with Crippen molar-refractivity contribution in [2.45, 2.75) is 50.0 Å². The van der Waals surface area contributed by atoms with Gasteiger partial charge in [0.2, 0.25) is 5.88 Å². The molecule has 0 bridgehead atoms. The van der Waals surface area contributed by atoms with Crippen molar-refractivity contribution in [3.05, 3.63) is 77.5 Å². The number of amides is 3. The number of benzene rings is 2. The first-order valence-corrected chi connectivity index (χ1v) is 18.7. The first-order chi connectivity index (χ1) is 24.1. The van der Waals surface area contributed by atoms with Crippen molar-refractivity contribution in [3.63, 3.8) is 0 Å². The fourth-order valence-corrected chi connectivity index (χ4v) is 9.42. The number of likely N-dealkylation sites (tertiary alicyclic amines) is 2. The molecule has 3 aromatic rings. The molecule has 1 atom stereocenters. The summed E-state index contributed by atoms with van der Waals surface area (Å²) in [4.78, 5) is 39.7. The molecule has 0 spiro atoms. The lowest BCUT2D eigenvalue weighted by molar-refractivity contribution is -0.125. The Morgan fingerprint density at radius 3 is 2.28 bits per heavy atom. The quantitative estimate of drug-likeness (QED) is 0.307. The van der Waals surface area contributed by atoms with Gasteiger partial charge in [-0.1, -0.05) is 12.1 Å². The Kier molecular flexibility index (Phi) is 10.0. The molecule has 3 aliphatic heterocycles. The number of ether oxygens (including phenoxy) is 2. The molecule has 2 saturated heterocycles. The Labute approximate surface area is 294 Å². The maximum Gasteiger partial charge on any atom is 0.321 e. The van der Waals surface area contributed by atoms with Gasteiger partial charge in [0.1, 0.15) is 10.6 Å². The fraction of sp³-hybridized carbons (Fsp3) is 0.459. The summed E-state index contributed by atoms with van der Waals surface area (Å²) in [6.07, 6.45) is 5.48. The Morgan fingerprint density at radius 2 is 1.62 bits per heavy atom. The summed E-state index contributed by atoms with van der Waals surface area (Å²) in [5.41, 5.74) is -1.50. The number of aromatic nitrogens is 1. The summed E-state index contributed by atoms with van der Waals surface area (Å²) in [5, 5.41) is 10.0. The van der Waals surface area contributed by atoms with E-state index in [0.717, 1.165) is 43.1 Å². The van der Waals surface area contributed by atoms with E-state index in [1.54, 1.807) is 43.0 Å². The second kappa shape index (κ2) is 14.3. The van der Waals surface area contributed by atoms with Crippen LogP contribution in [0.3, 0.4) is 0 Å². The number of nitrogens with zero attached hydrogens (tertiary/aromatic N) is 6. The van der Waals surface area contributed by atoms with E-state index in [1.165, 1.54) is 48.5 Å². The summed E-state index contributed by atoms with van der Waals surface area (Å²) >= 11 is 0. The highest BCUT2D eigenvalue weighted by molar-refractivity contribution is 7.93. The molecule has 50 heavy (non-hydrogen) atoms. The number of anilines is 1. The molecule has 0 aliphatic carbocycles. The molecule has 3 amide bonds. The van der Waals surface area contributed by atoms with Gasteiger partial charge in [-0.25, -0.2) is 18.2 Å². The van der Waals surface area contributed by atoms with Gasteiger partial charge in [-0.3, -0.25) is 4.79 Å². The lowest BCUT2D eigenvalue weighted by Crippen LogP contribution is -2.59. The fourth-order valence-electron chi connectivity index (χ4n) is 7.82. The lowest BCUT2D eigenvalue weighted by atomic mass is 9.79. The highest BCUT2D eigenvalue weighted by atomic mass is 32.2. The van der Waals surface area contributed by atoms with Crippen LogP contribution in [0.1, 0.15) is 56.2 Å². The van der Waals surface area contributed by atoms with Crippen LogP contribution in [0.2, 0.25) is 0 Å². The van der Waals surface area contributed by atoms with Crippen LogP contribution in [-0.4, -0.2) is 93.5 Å². The number of fused-ring (bicyclic) bond motifs is 1. The molecule has 12 nitrogen and oxygen atoms in total. The molecule has 0 saturated carbocycles. The molecular formula is C37H44N6O6S. The molecule has 0 radical (unpaired) electrons. The van der Waals surface area contributed by atoms with E-state index in [-0.39, 0.29) is 52.1 Å².